The third-order valence-corrected chi connectivity index (χ3v) is 5.66. The normalized spacial score (nSPS) is 14.5. The summed E-state index contributed by atoms with van der Waals surface area (Å²) in [5, 5.41) is 4.69. The molecule has 1 saturated heterocycles. The lowest BCUT2D eigenvalue weighted by atomic mass is 10.1. The molecule has 4 aromatic rings. The summed E-state index contributed by atoms with van der Waals surface area (Å²) in [4.78, 5) is 17.7. The van der Waals surface area contributed by atoms with Crippen molar-refractivity contribution in [1.29, 1.82) is 0 Å². The monoisotopic (exact) mass is 455 g/mol. The van der Waals surface area contributed by atoms with E-state index < -0.39 is 23.5 Å². The Morgan fingerprint density at radius 3 is 2.33 bits per heavy atom. The third kappa shape index (κ3) is 3.57. The summed E-state index contributed by atoms with van der Waals surface area (Å²) in [7, 11) is 0. The van der Waals surface area contributed by atoms with E-state index in [9.17, 15) is 22.4 Å². The van der Waals surface area contributed by atoms with Crippen LogP contribution in [-0.2, 0) is 11.0 Å². The van der Waals surface area contributed by atoms with Crippen molar-refractivity contribution in [2.45, 2.75) is 12.2 Å². The van der Waals surface area contributed by atoms with Gasteiger partial charge in [0.2, 0.25) is 0 Å². The van der Waals surface area contributed by atoms with Gasteiger partial charge in [-0.15, -0.1) is 0 Å². The van der Waals surface area contributed by atoms with Gasteiger partial charge in [0.25, 0.3) is 5.91 Å². The van der Waals surface area contributed by atoms with Gasteiger partial charge in [0.1, 0.15) is 16.7 Å². The number of nitrogens with zero attached hydrogens (tertiary/aromatic N) is 5. The number of benzene rings is 1. The SMILES string of the molecule is C=C(F)C(=O)N1CC(n2nc(-c3ccc(C(F)(F)F)cc3)c3nccc(-n4cccc4)c32)C1. The molecule has 0 radical (unpaired) electrons. The molecular formula is C23H17F4N5O. The molecule has 1 aromatic carbocycles. The van der Waals surface area contributed by atoms with Gasteiger partial charge in [-0.05, 0) is 30.3 Å². The summed E-state index contributed by atoms with van der Waals surface area (Å²) in [5.41, 5.74) is 2.10. The van der Waals surface area contributed by atoms with Crippen LogP contribution >= 0.6 is 0 Å². The molecule has 1 aliphatic rings. The van der Waals surface area contributed by atoms with Gasteiger partial charge in [0, 0.05) is 37.2 Å². The standard InChI is InChI=1S/C23H17F4N5O/c1-14(24)22(33)31-12-17(13-31)32-21-18(30-10-2-3-11-30)8-9-28-20(21)19(29-32)15-4-6-16(7-5-15)23(25,26)27/h2-11,17H,1,12-13H2. The molecule has 4 heterocycles. The van der Waals surface area contributed by atoms with E-state index in [0.29, 0.717) is 22.3 Å². The van der Waals surface area contributed by atoms with Crippen molar-refractivity contribution in [3.63, 3.8) is 0 Å². The highest BCUT2D eigenvalue weighted by Crippen LogP contribution is 2.36. The molecule has 10 heteroatoms. The molecule has 33 heavy (non-hydrogen) atoms. The second-order valence-corrected chi connectivity index (χ2v) is 7.75. The molecule has 6 nitrogen and oxygen atoms in total. The number of carbonyl (C=O) groups is 1. The fourth-order valence-corrected chi connectivity index (χ4v) is 3.97. The highest BCUT2D eigenvalue weighted by Gasteiger charge is 2.36. The van der Waals surface area contributed by atoms with E-state index in [-0.39, 0.29) is 19.1 Å². The highest BCUT2D eigenvalue weighted by atomic mass is 19.4. The molecule has 0 bridgehead atoms. The summed E-state index contributed by atoms with van der Waals surface area (Å²) in [6.45, 7) is 3.50. The molecule has 0 unspecified atom stereocenters. The van der Waals surface area contributed by atoms with Gasteiger partial charge < -0.3 is 9.47 Å². The van der Waals surface area contributed by atoms with Crippen LogP contribution in [-0.4, -0.2) is 43.2 Å². The third-order valence-electron chi connectivity index (χ3n) is 5.66. The van der Waals surface area contributed by atoms with Crippen molar-refractivity contribution in [1.82, 2.24) is 24.2 Å². The number of likely N-dealkylation sites (tertiary alicyclic amines) is 1. The minimum absolute atomic E-state index is 0.227. The van der Waals surface area contributed by atoms with Crippen molar-refractivity contribution in [3.05, 3.63) is 79.0 Å². The summed E-state index contributed by atoms with van der Waals surface area (Å²) >= 11 is 0. The fraction of sp³-hybridized carbons (Fsp3) is 0.174. The average Bonchev–Trinajstić information content (AvgIpc) is 3.41. The maximum Gasteiger partial charge on any atom is 0.416 e. The number of pyridine rings is 1. The van der Waals surface area contributed by atoms with Crippen LogP contribution in [0.1, 0.15) is 11.6 Å². The van der Waals surface area contributed by atoms with Gasteiger partial charge in [-0.3, -0.25) is 14.5 Å². The smallest absolute Gasteiger partial charge is 0.332 e. The zero-order chi connectivity index (χ0) is 23.3. The molecule has 1 amide bonds. The van der Waals surface area contributed by atoms with Gasteiger partial charge in [0.05, 0.1) is 17.3 Å². The number of hydrogen-bond acceptors (Lipinski definition) is 3. The van der Waals surface area contributed by atoms with E-state index >= 15 is 0 Å². The van der Waals surface area contributed by atoms with Crippen LogP contribution in [0.3, 0.4) is 0 Å². The largest absolute Gasteiger partial charge is 0.416 e. The minimum atomic E-state index is -4.44. The van der Waals surface area contributed by atoms with Crippen LogP contribution in [0.25, 0.3) is 28.0 Å². The van der Waals surface area contributed by atoms with Crippen LogP contribution < -0.4 is 0 Å². The summed E-state index contributed by atoms with van der Waals surface area (Å²) in [5.74, 6) is -1.80. The topological polar surface area (TPSA) is 56.0 Å². The lowest BCUT2D eigenvalue weighted by Gasteiger charge is -2.39. The molecule has 0 spiro atoms. The van der Waals surface area contributed by atoms with E-state index in [2.05, 4.69) is 16.7 Å². The van der Waals surface area contributed by atoms with Gasteiger partial charge in [-0.25, -0.2) is 4.39 Å². The molecule has 0 N–H and O–H groups in total. The number of alkyl halides is 3. The molecule has 1 aliphatic heterocycles. The Morgan fingerprint density at radius 1 is 1.06 bits per heavy atom. The molecule has 3 aromatic heterocycles. The Labute approximate surface area is 185 Å². The van der Waals surface area contributed by atoms with Crippen LogP contribution in [0, 0.1) is 0 Å². The number of amides is 1. The number of hydrogen-bond donors (Lipinski definition) is 0. The van der Waals surface area contributed by atoms with Gasteiger partial charge >= 0.3 is 6.18 Å². The number of rotatable bonds is 4. The van der Waals surface area contributed by atoms with Crippen LogP contribution in [0.2, 0.25) is 0 Å². The molecule has 168 valence electrons. The minimum Gasteiger partial charge on any atom is -0.332 e. The molecule has 0 atom stereocenters. The van der Waals surface area contributed by atoms with Crippen molar-refractivity contribution >= 4 is 16.9 Å². The maximum absolute atomic E-state index is 13.2. The zero-order valence-electron chi connectivity index (χ0n) is 17.1. The fourth-order valence-electron chi connectivity index (χ4n) is 3.97. The second-order valence-electron chi connectivity index (χ2n) is 7.75. The predicted molar refractivity (Wildman–Crippen MR) is 113 cm³/mol. The Bertz CT molecular complexity index is 1350. The lowest BCUT2D eigenvalue weighted by Crippen LogP contribution is -2.51. The molecular weight excluding hydrogens is 438 g/mol. The first-order valence-corrected chi connectivity index (χ1v) is 10.1. The van der Waals surface area contributed by atoms with Crippen LogP contribution in [0.15, 0.2) is 73.5 Å². The average molecular weight is 455 g/mol. The number of carbonyl (C=O) groups excluding carboxylic acids is 1. The van der Waals surface area contributed by atoms with Gasteiger partial charge in [-0.1, -0.05) is 18.7 Å². The van der Waals surface area contributed by atoms with Gasteiger partial charge in [-0.2, -0.15) is 18.3 Å². The quantitative estimate of drug-likeness (QED) is 0.329. The predicted octanol–water partition coefficient (Wildman–Crippen LogP) is 4.77. The first kappa shape index (κ1) is 20.9. The van der Waals surface area contributed by atoms with Crippen LogP contribution in [0.4, 0.5) is 17.6 Å². The van der Waals surface area contributed by atoms with E-state index in [1.165, 1.54) is 17.0 Å². The van der Waals surface area contributed by atoms with Crippen molar-refractivity contribution in [2.75, 3.05) is 13.1 Å². The Balaban J connectivity index is 1.62. The Hall–Kier alpha value is -3.95. The van der Waals surface area contributed by atoms with E-state index in [1.807, 2.05) is 35.2 Å². The molecule has 0 saturated carbocycles. The number of fused-ring (bicyclic) bond motifs is 1. The molecule has 1 fully saturated rings. The maximum atomic E-state index is 13.2. The summed E-state index contributed by atoms with van der Waals surface area (Å²) in [6.07, 6.45) is 0.879. The first-order chi connectivity index (χ1) is 15.7. The molecule has 5 rings (SSSR count). The van der Waals surface area contributed by atoms with E-state index in [4.69, 9.17) is 0 Å². The first-order valence-electron chi connectivity index (χ1n) is 10.1. The van der Waals surface area contributed by atoms with Crippen molar-refractivity contribution in [2.24, 2.45) is 0 Å². The Kier molecular flexibility index (Phi) is 4.80. The molecule has 0 aliphatic carbocycles. The van der Waals surface area contributed by atoms with E-state index in [0.717, 1.165) is 17.8 Å². The number of aromatic nitrogens is 4. The summed E-state index contributed by atoms with van der Waals surface area (Å²) in [6, 6.07) is 10.0. The second kappa shape index (κ2) is 7.58. The highest BCUT2D eigenvalue weighted by molar-refractivity contribution is 5.95. The number of halogens is 4. The van der Waals surface area contributed by atoms with Crippen molar-refractivity contribution < 1.29 is 22.4 Å². The Morgan fingerprint density at radius 2 is 1.73 bits per heavy atom. The zero-order valence-corrected chi connectivity index (χ0v) is 17.1. The van der Waals surface area contributed by atoms with Crippen molar-refractivity contribution in [3.8, 4) is 16.9 Å². The lowest BCUT2D eigenvalue weighted by molar-refractivity contribution is -0.137. The van der Waals surface area contributed by atoms with Crippen LogP contribution in [0.5, 0.6) is 0 Å². The van der Waals surface area contributed by atoms with Gasteiger partial charge in [0.15, 0.2) is 5.83 Å². The van der Waals surface area contributed by atoms with E-state index in [1.54, 1.807) is 10.9 Å². The summed E-state index contributed by atoms with van der Waals surface area (Å²) < 4.78 is 55.9.